The number of hydrogen-bond acceptors (Lipinski definition) is 8. The number of esters is 1. The lowest BCUT2D eigenvalue weighted by Gasteiger charge is -2.43. The minimum absolute atomic E-state index is 0.00530. The van der Waals surface area contributed by atoms with Crippen LogP contribution in [0.5, 0.6) is 0 Å². The van der Waals surface area contributed by atoms with E-state index in [2.05, 4.69) is 30.4 Å². The number of carbonyl (C=O) groups excluding carboxylic acids is 3. The summed E-state index contributed by atoms with van der Waals surface area (Å²) in [5.41, 5.74) is 1.51. The van der Waals surface area contributed by atoms with Crippen molar-refractivity contribution in [3.05, 3.63) is 49.6 Å². The summed E-state index contributed by atoms with van der Waals surface area (Å²) in [4.78, 5) is 46.3. The molecule has 5 rings (SSSR count). The van der Waals surface area contributed by atoms with E-state index in [1.165, 1.54) is 0 Å². The van der Waals surface area contributed by atoms with Gasteiger partial charge < -0.3 is 19.6 Å². The number of ether oxygens (including phenoxy) is 1. The molecule has 0 radical (unpaired) electrons. The molecule has 1 aromatic carbocycles. The molecule has 8 atom stereocenters. The van der Waals surface area contributed by atoms with Crippen LogP contribution < -0.4 is 0 Å². The van der Waals surface area contributed by atoms with Crippen molar-refractivity contribution in [2.24, 2.45) is 23.7 Å². The summed E-state index contributed by atoms with van der Waals surface area (Å²) >= 11 is 1.61. The summed E-state index contributed by atoms with van der Waals surface area (Å²) < 4.78 is 6.56. The second-order valence-electron chi connectivity index (χ2n) is 12.1. The van der Waals surface area contributed by atoms with Crippen LogP contribution in [-0.2, 0) is 25.8 Å². The predicted molar refractivity (Wildman–Crippen MR) is 166 cm³/mol. The van der Waals surface area contributed by atoms with E-state index in [1.807, 2.05) is 38.1 Å². The van der Waals surface area contributed by atoms with Crippen LogP contribution >= 0.6 is 11.8 Å². The van der Waals surface area contributed by atoms with Gasteiger partial charge in [0.15, 0.2) is 0 Å². The van der Waals surface area contributed by atoms with Gasteiger partial charge in [-0.3, -0.25) is 14.4 Å². The number of aliphatic hydroxyl groups excluding tert-OH is 1. The lowest BCUT2D eigenvalue weighted by atomic mass is 9.66. The molecule has 3 aliphatic rings. The van der Waals surface area contributed by atoms with Gasteiger partial charge in [0.05, 0.1) is 41.4 Å². The normalized spacial score (nSPS) is 29.0. The van der Waals surface area contributed by atoms with Crippen LogP contribution in [-0.4, -0.2) is 89.5 Å². The highest BCUT2D eigenvalue weighted by atomic mass is 32.2. The van der Waals surface area contributed by atoms with Gasteiger partial charge >= 0.3 is 5.97 Å². The Labute approximate surface area is 257 Å². The second-order valence-corrected chi connectivity index (χ2v) is 13.6. The maximum Gasteiger partial charge on any atom is 0.310 e. The van der Waals surface area contributed by atoms with Crippen molar-refractivity contribution < 1.29 is 24.2 Å². The zero-order valence-corrected chi connectivity index (χ0v) is 26.1. The molecular weight excluding hydrogens is 566 g/mol. The molecular formula is C32H43N5O5S. The number of fused-ring (bicyclic) bond motifs is 2. The number of likely N-dealkylation sites (tertiary alicyclic amines) is 1. The second kappa shape index (κ2) is 12.8. The van der Waals surface area contributed by atoms with Gasteiger partial charge in [-0.15, -0.1) is 30.0 Å². The summed E-state index contributed by atoms with van der Waals surface area (Å²) in [6.45, 7) is 14.1. The Kier molecular flexibility index (Phi) is 9.31. The first-order valence-electron chi connectivity index (χ1n) is 15.3. The van der Waals surface area contributed by atoms with Gasteiger partial charge in [-0.05, 0) is 43.2 Å². The predicted octanol–water partition coefficient (Wildman–Crippen LogP) is 3.66. The smallest absolute Gasteiger partial charge is 0.310 e. The fourth-order valence-electron chi connectivity index (χ4n) is 7.41. The van der Waals surface area contributed by atoms with Crippen LogP contribution in [0.1, 0.15) is 46.5 Å². The third-order valence-electron chi connectivity index (χ3n) is 9.72. The first kappa shape index (κ1) is 31.3. The van der Waals surface area contributed by atoms with Gasteiger partial charge in [0, 0.05) is 11.8 Å². The standard InChI is InChI=1S/C32H43N5O5S/c1-6-9-12-16-42-31(41)26-25-17-21(5)32(43-25)27(26)29(39)37(24(18-38)20(4)8-3)28(32)30(40)35(15-7-2)19-36-23-14-11-10-13-22(23)33-34-36/h6-7,10-11,13-14,20-21,24-28,38H,1-2,8-9,12,15-19H2,3-5H3/t20-,21?,24-,25-,26+,27-,28?,32?/m0/s1. The summed E-state index contributed by atoms with van der Waals surface area (Å²) in [5.74, 6) is -2.26. The number of aromatic nitrogens is 3. The zero-order valence-electron chi connectivity index (χ0n) is 25.3. The largest absolute Gasteiger partial charge is 0.465 e. The van der Waals surface area contributed by atoms with Crippen LogP contribution in [0.4, 0.5) is 0 Å². The van der Waals surface area contributed by atoms with Gasteiger partial charge in [0.25, 0.3) is 0 Å². The average Bonchev–Trinajstić information content (AvgIpc) is 3.73. The van der Waals surface area contributed by atoms with Gasteiger partial charge in [-0.25, -0.2) is 4.68 Å². The highest BCUT2D eigenvalue weighted by Gasteiger charge is 2.77. The zero-order chi connectivity index (χ0) is 30.9. The number of allylic oxidation sites excluding steroid dienone is 1. The van der Waals surface area contributed by atoms with Crippen LogP contribution in [0.15, 0.2) is 49.6 Å². The number of benzene rings is 1. The molecule has 2 amide bonds. The third kappa shape index (κ3) is 5.18. The molecule has 43 heavy (non-hydrogen) atoms. The fraction of sp³-hybridized carbons (Fsp3) is 0.594. The first-order valence-corrected chi connectivity index (χ1v) is 16.2. The Balaban J connectivity index is 1.55. The molecule has 0 saturated carbocycles. The lowest BCUT2D eigenvalue weighted by Crippen LogP contribution is -2.60. The minimum atomic E-state index is -0.866. The Morgan fingerprint density at radius 1 is 1.30 bits per heavy atom. The molecule has 2 bridgehead atoms. The molecule has 2 aromatic rings. The molecule has 3 unspecified atom stereocenters. The summed E-state index contributed by atoms with van der Waals surface area (Å²) in [6, 6.07) is 6.11. The summed E-state index contributed by atoms with van der Waals surface area (Å²) in [5, 5.41) is 19.1. The SMILES string of the molecule is C=CCCCOC(=O)[C@@H]1[C@@H]2CC(C)C3(S2)C(C(=O)N(CC=C)Cn2nnc4ccccc42)N([C@@H](CO)[C@@H](C)CC)C(=O)[C@H]13. The average molecular weight is 610 g/mol. The number of nitrogens with zero attached hydrogens (tertiary/aromatic N) is 5. The quantitative estimate of drug-likeness (QED) is 0.196. The van der Waals surface area contributed by atoms with Gasteiger partial charge in [-0.1, -0.05) is 56.7 Å². The summed E-state index contributed by atoms with van der Waals surface area (Å²) in [6.07, 6.45) is 6.28. The van der Waals surface area contributed by atoms with Crippen molar-refractivity contribution in [2.45, 2.75) is 75.2 Å². The molecule has 1 spiro atoms. The van der Waals surface area contributed by atoms with Crippen LogP contribution in [0.3, 0.4) is 0 Å². The fourth-order valence-corrected chi connectivity index (χ4v) is 9.80. The molecule has 3 fully saturated rings. The molecule has 4 heterocycles. The van der Waals surface area contributed by atoms with E-state index < -0.39 is 28.7 Å². The molecule has 10 nitrogen and oxygen atoms in total. The van der Waals surface area contributed by atoms with Crippen molar-refractivity contribution in [1.82, 2.24) is 24.8 Å². The van der Waals surface area contributed by atoms with Gasteiger partial charge in [-0.2, -0.15) is 0 Å². The summed E-state index contributed by atoms with van der Waals surface area (Å²) in [7, 11) is 0. The van der Waals surface area contributed by atoms with Gasteiger partial charge in [0.1, 0.15) is 18.2 Å². The number of amides is 2. The highest BCUT2D eigenvalue weighted by Crippen LogP contribution is 2.69. The molecule has 0 aliphatic carbocycles. The number of carbonyl (C=O) groups is 3. The van der Waals surface area contributed by atoms with Crippen molar-refractivity contribution in [3.8, 4) is 0 Å². The van der Waals surface area contributed by atoms with Gasteiger partial charge in [0.2, 0.25) is 11.8 Å². The topological polar surface area (TPSA) is 118 Å². The monoisotopic (exact) mass is 609 g/mol. The van der Waals surface area contributed by atoms with E-state index in [4.69, 9.17) is 4.74 Å². The van der Waals surface area contributed by atoms with Crippen LogP contribution in [0.25, 0.3) is 11.0 Å². The maximum absolute atomic E-state index is 14.9. The van der Waals surface area contributed by atoms with Crippen LogP contribution in [0.2, 0.25) is 0 Å². The van der Waals surface area contributed by atoms with Crippen LogP contribution in [0, 0.1) is 23.7 Å². The molecule has 11 heteroatoms. The molecule has 232 valence electrons. The Hall–Kier alpha value is -3.18. The lowest BCUT2D eigenvalue weighted by molar-refractivity contribution is -0.155. The van der Waals surface area contributed by atoms with E-state index in [-0.39, 0.29) is 61.3 Å². The molecule has 1 aromatic heterocycles. The Bertz CT molecular complexity index is 1380. The van der Waals surface area contributed by atoms with E-state index >= 15 is 0 Å². The number of unbranched alkanes of at least 4 members (excludes halogenated alkanes) is 1. The molecule has 3 aliphatic heterocycles. The molecule has 1 N–H and O–H groups in total. The van der Waals surface area contributed by atoms with Crippen molar-refractivity contribution in [2.75, 3.05) is 19.8 Å². The Morgan fingerprint density at radius 3 is 2.77 bits per heavy atom. The number of thioether (sulfide) groups is 1. The number of aliphatic hydroxyl groups is 1. The van der Waals surface area contributed by atoms with E-state index in [0.717, 1.165) is 23.9 Å². The highest BCUT2D eigenvalue weighted by molar-refractivity contribution is 8.02. The van der Waals surface area contributed by atoms with E-state index in [9.17, 15) is 19.5 Å². The van der Waals surface area contributed by atoms with E-state index in [0.29, 0.717) is 12.8 Å². The number of hydrogen-bond donors (Lipinski definition) is 1. The molecule has 3 saturated heterocycles. The minimum Gasteiger partial charge on any atom is -0.465 e. The van der Waals surface area contributed by atoms with Crippen molar-refractivity contribution in [3.63, 3.8) is 0 Å². The van der Waals surface area contributed by atoms with Crippen molar-refractivity contribution in [1.29, 1.82) is 0 Å². The van der Waals surface area contributed by atoms with E-state index in [1.54, 1.807) is 38.4 Å². The van der Waals surface area contributed by atoms with Crippen molar-refractivity contribution >= 4 is 40.6 Å². The number of para-hydroxylation sites is 1. The first-order chi connectivity index (χ1) is 20.7. The maximum atomic E-state index is 14.9. The Morgan fingerprint density at radius 2 is 2.07 bits per heavy atom. The third-order valence-corrected chi connectivity index (χ3v) is 11.8. The number of rotatable bonds is 14.